The number of aromatic nitrogens is 4. The first kappa shape index (κ1) is 21.0. The second-order valence-corrected chi connectivity index (χ2v) is 8.21. The number of alkyl halides is 2. The Balaban J connectivity index is 1.59. The fraction of sp³-hybridized carbons (Fsp3) is 0.304. The molecule has 168 valence electrons. The van der Waals surface area contributed by atoms with Crippen molar-refractivity contribution in [1.82, 2.24) is 25.1 Å². The highest BCUT2D eigenvalue weighted by Gasteiger charge is 2.34. The molecule has 0 radical (unpaired) electrons. The van der Waals surface area contributed by atoms with E-state index in [0.29, 0.717) is 29.1 Å². The molecular weight excluding hydrogens is 428 g/mol. The molecular formula is C23H21F2N7O. The van der Waals surface area contributed by atoms with E-state index in [1.54, 1.807) is 16.8 Å². The van der Waals surface area contributed by atoms with Crippen molar-refractivity contribution in [3.63, 3.8) is 0 Å². The first-order chi connectivity index (χ1) is 16.0. The highest BCUT2D eigenvalue weighted by molar-refractivity contribution is 6.00. The van der Waals surface area contributed by atoms with E-state index in [9.17, 15) is 14.0 Å². The van der Waals surface area contributed by atoms with Gasteiger partial charge in [0.05, 0.1) is 23.4 Å². The predicted molar refractivity (Wildman–Crippen MR) is 119 cm³/mol. The Morgan fingerprint density at radius 3 is 2.67 bits per heavy atom. The summed E-state index contributed by atoms with van der Waals surface area (Å²) in [4.78, 5) is 8.56. The maximum Gasteiger partial charge on any atom is 0.387 e. The van der Waals surface area contributed by atoms with Crippen molar-refractivity contribution >= 4 is 27.6 Å². The number of ether oxygens (including phenoxy) is 1. The van der Waals surface area contributed by atoms with Gasteiger partial charge in [-0.05, 0) is 54.9 Å². The molecule has 10 heteroatoms. The van der Waals surface area contributed by atoms with E-state index >= 15 is 0 Å². The molecule has 5 rings (SSSR count). The summed E-state index contributed by atoms with van der Waals surface area (Å²) in [6, 6.07) is 12.8. The molecule has 0 atom stereocenters. The van der Waals surface area contributed by atoms with Gasteiger partial charge in [0, 0.05) is 5.56 Å². The summed E-state index contributed by atoms with van der Waals surface area (Å²) in [7, 11) is 0. The van der Waals surface area contributed by atoms with Gasteiger partial charge in [0.15, 0.2) is 5.65 Å². The van der Waals surface area contributed by atoms with Gasteiger partial charge < -0.3 is 15.8 Å². The minimum Gasteiger partial charge on any atom is -0.435 e. The average molecular weight is 449 g/mol. The lowest BCUT2D eigenvalue weighted by Gasteiger charge is -2.30. The van der Waals surface area contributed by atoms with Crippen molar-refractivity contribution in [2.45, 2.75) is 26.0 Å². The number of piperidine rings is 1. The van der Waals surface area contributed by atoms with Crippen LogP contribution >= 0.6 is 0 Å². The molecule has 0 bridgehead atoms. The number of nitrogens with two attached hydrogens (primary N) is 1. The lowest BCUT2D eigenvalue weighted by Crippen LogP contribution is -2.38. The van der Waals surface area contributed by atoms with Crippen LogP contribution in [0.3, 0.4) is 0 Å². The van der Waals surface area contributed by atoms with Crippen LogP contribution in [0.25, 0.3) is 33.1 Å². The summed E-state index contributed by atoms with van der Waals surface area (Å²) in [6.45, 7) is -0.922. The molecule has 0 spiro atoms. The third kappa shape index (κ3) is 3.91. The van der Waals surface area contributed by atoms with E-state index in [-0.39, 0.29) is 5.75 Å². The quantitative estimate of drug-likeness (QED) is 0.477. The third-order valence-corrected chi connectivity index (χ3v) is 6.12. The summed E-state index contributed by atoms with van der Waals surface area (Å²) in [5.41, 5.74) is 7.65. The second kappa shape index (κ2) is 8.26. The Morgan fingerprint density at radius 1 is 1.15 bits per heavy atom. The van der Waals surface area contributed by atoms with Crippen molar-refractivity contribution in [1.29, 1.82) is 5.26 Å². The molecule has 0 amide bonds. The minimum atomic E-state index is -2.88. The maximum absolute atomic E-state index is 12.5. The molecule has 1 aliphatic heterocycles. The highest BCUT2D eigenvalue weighted by atomic mass is 19.3. The number of nitrogens with one attached hydrogen (secondary N) is 1. The number of fused-ring (bicyclic) bond motifs is 2. The summed E-state index contributed by atoms with van der Waals surface area (Å²) < 4.78 is 31.3. The van der Waals surface area contributed by atoms with Gasteiger partial charge in [-0.25, -0.2) is 14.6 Å². The maximum atomic E-state index is 12.5. The lowest BCUT2D eigenvalue weighted by atomic mass is 9.80. The number of benzene rings is 2. The molecule has 1 aliphatic rings. The molecule has 33 heavy (non-hydrogen) atoms. The van der Waals surface area contributed by atoms with Crippen LogP contribution < -0.4 is 15.8 Å². The highest BCUT2D eigenvalue weighted by Crippen LogP contribution is 2.36. The molecule has 0 saturated carbocycles. The van der Waals surface area contributed by atoms with Gasteiger partial charge in [-0.1, -0.05) is 18.2 Å². The molecule has 8 nitrogen and oxygen atoms in total. The second-order valence-electron chi connectivity index (χ2n) is 8.21. The smallest absolute Gasteiger partial charge is 0.387 e. The molecule has 2 aromatic heterocycles. The molecule has 3 N–H and O–H groups in total. The van der Waals surface area contributed by atoms with Gasteiger partial charge in [-0.3, -0.25) is 0 Å². The molecule has 3 heterocycles. The number of hydrogen-bond donors (Lipinski definition) is 2. The van der Waals surface area contributed by atoms with Crippen molar-refractivity contribution in [3.8, 4) is 23.1 Å². The first-order valence-corrected chi connectivity index (χ1v) is 10.6. The zero-order valence-electron chi connectivity index (χ0n) is 17.6. The van der Waals surface area contributed by atoms with E-state index < -0.39 is 12.0 Å². The van der Waals surface area contributed by atoms with Gasteiger partial charge in [-0.2, -0.15) is 19.1 Å². The van der Waals surface area contributed by atoms with Crippen molar-refractivity contribution in [2.24, 2.45) is 5.41 Å². The molecule has 2 aromatic carbocycles. The summed E-state index contributed by atoms with van der Waals surface area (Å²) in [5.74, 6) is 0.403. The lowest BCUT2D eigenvalue weighted by molar-refractivity contribution is -0.0497. The van der Waals surface area contributed by atoms with Crippen molar-refractivity contribution in [3.05, 3.63) is 42.7 Å². The van der Waals surface area contributed by atoms with Gasteiger partial charge in [0.25, 0.3) is 0 Å². The minimum absolute atomic E-state index is 0.0985. The molecule has 4 aromatic rings. The van der Waals surface area contributed by atoms with Crippen LogP contribution in [0.1, 0.15) is 12.8 Å². The van der Waals surface area contributed by atoms with Crippen LogP contribution in [0.4, 0.5) is 14.6 Å². The Kier molecular flexibility index (Phi) is 5.26. The standard InChI is InChI=1S/C23H21F2N7O/c24-22(25)33-17-4-3-14-9-16(2-1-15(14)10-17)19-18-20(27)29-13-30-21(18)32(31-19)12-23(11-26)5-7-28-8-6-23/h1-4,9-10,13,22,28H,5-8,12H2,(H2,27,29,30). The van der Waals surface area contributed by atoms with Crippen molar-refractivity contribution < 1.29 is 13.5 Å². The number of hydrogen-bond acceptors (Lipinski definition) is 7. The van der Waals surface area contributed by atoms with E-state index in [0.717, 1.165) is 42.3 Å². The average Bonchev–Trinajstić information content (AvgIpc) is 3.18. The van der Waals surface area contributed by atoms with Gasteiger partial charge in [0.2, 0.25) is 0 Å². The number of halogens is 2. The normalized spacial score (nSPS) is 15.7. The molecule has 1 saturated heterocycles. The van der Waals surface area contributed by atoms with Crippen LogP contribution in [0.5, 0.6) is 5.75 Å². The molecule has 0 unspecified atom stereocenters. The Labute approximate surface area is 188 Å². The van der Waals surface area contributed by atoms with Crippen LogP contribution in [0, 0.1) is 16.7 Å². The van der Waals surface area contributed by atoms with Gasteiger partial charge in [0.1, 0.15) is 23.6 Å². The zero-order chi connectivity index (χ0) is 23.0. The van der Waals surface area contributed by atoms with Gasteiger partial charge in [-0.15, -0.1) is 0 Å². The largest absolute Gasteiger partial charge is 0.435 e. The topological polar surface area (TPSA) is 115 Å². The zero-order valence-corrected chi connectivity index (χ0v) is 17.6. The Morgan fingerprint density at radius 2 is 1.91 bits per heavy atom. The molecule has 1 fully saturated rings. The number of anilines is 1. The first-order valence-electron chi connectivity index (χ1n) is 10.6. The van der Waals surface area contributed by atoms with Crippen LogP contribution in [-0.2, 0) is 6.54 Å². The van der Waals surface area contributed by atoms with Gasteiger partial charge >= 0.3 is 6.61 Å². The monoisotopic (exact) mass is 449 g/mol. The number of nitriles is 1. The van der Waals surface area contributed by atoms with Crippen LogP contribution in [0.2, 0.25) is 0 Å². The summed E-state index contributed by atoms with van der Waals surface area (Å²) >= 11 is 0. The summed E-state index contributed by atoms with van der Waals surface area (Å²) in [6.07, 6.45) is 2.84. The molecule has 0 aliphatic carbocycles. The SMILES string of the molecule is N#CC1(Cn2nc(-c3ccc4cc(OC(F)F)ccc4c3)c3c(N)ncnc32)CCNCC1. The van der Waals surface area contributed by atoms with E-state index in [2.05, 4.69) is 26.1 Å². The van der Waals surface area contributed by atoms with Crippen molar-refractivity contribution in [2.75, 3.05) is 18.8 Å². The van der Waals surface area contributed by atoms with E-state index in [1.807, 2.05) is 18.2 Å². The number of nitrogen functional groups attached to an aromatic ring is 1. The van der Waals surface area contributed by atoms with Crippen LogP contribution in [0.15, 0.2) is 42.7 Å². The Hall–Kier alpha value is -3.84. The van der Waals surface area contributed by atoms with E-state index in [1.165, 1.54) is 12.4 Å². The fourth-order valence-electron chi connectivity index (χ4n) is 4.39. The van der Waals surface area contributed by atoms with E-state index in [4.69, 9.17) is 10.8 Å². The number of rotatable bonds is 5. The van der Waals surface area contributed by atoms with Crippen LogP contribution in [-0.4, -0.2) is 39.4 Å². The third-order valence-electron chi connectivity index (χ3n) is 6.12. The predicted octanol–water partition coefficient (Wildman–Crippen LogP) is 3.72. The number of nitrogens with zero attached hydrogens (tertiary/aromatic N) is 5. The summed E-state index contributed by atoms with van der Waals surface area (Å²) in [5, 5.41) is 20.2. The fourth-order valence-corrected chi connectivity index (χ4v) is 4.39. The Bertz CT molecular complexity index is 1370.